The van der Waals surface area contributed by atoms with Gasteiger partial charge in [-0.1, -0.05) is 12.2 Å². The number of hydrogen-bond acceptors (Lipinski definition) is 5. The van der Waals surface area contributed by atoms with Gasteiger partial charge in [-0.05, 0) is 24.3 Å². The third kappa shape index (κ3) is 2.24. The molecule has 2 saturated heterocycles. The van der Waals surface area contributed by atoms with Crippen molar-refractivity contribution in [3.8, 4) is 0 Å². The minimum Gasteiger partial charge on any atom is -0.467 e. The Morgan fingerprint density at radius 2 is 2.00 bits per heavy atom. The van der Waals surface area contributed by atoms with E-state index in [0.29, 0.717) is 31.2 Å². The topological polar surface area (TPSA) is 84.9 Å². The third-order valence-electron chi connectivity index (χ3n) is 5.43. The summed E-state index contributed by atoms with van der Waals surface area (Å²) in [7, 11) is 0. The number of rotatable bonds is 5. The summed E-state index contributed by atoms with van der Waals surface area (Å²) in [4.78, 5) is 27.5. The fourth-order valence-corrected chi connectivity index (χ4v) is 4.31. The number of fused-ring (bicyclic) bond motifs is 1. The molecule has 134 valence electrons. The molecule has 2 aromatic heterocycles. The molecule has 1 N–H and O–H groups in total. The number of nitrogens with zero attached hydrogens (tertiary/aromatic N) is 1. The maximum atomic E-state index is 13.0. The first-order valence-electron chi connectivity index (χ1n) is 8.65. The van der Waals surface area contributed by atoms with Gasteiger partial charge in [-0.25, -0.2) is 0 Å². The van der Waals surface area contributed by atoms with E-state index in [9.17, 15) is 9.59 Å². The molecule has 0 radical (unpaired) electrons. The average molecular weight is 354 g/mol. The number of amides is 2. The molecule has 2 fully saturated rings. The predicted octanol–water partition coefficient (Wildman–Crippen LogP) is 1.47. The molecule has 0 aliphatic carbocycles. The first-order chi connectivity index (χ1) is 12.7. The molecule has 4 atom stereocenters. The van der Waals surface area contributed by atoms with Gasteiger partial charge in [-0.2, -0.15) is 0 Å². The van der Waals surface area contributed by atoms with E-state index in [1.165, 1.54) is 0 Å². The maximum absolute atomic E-state index is 13.0. The predicted molar refractivity (Wildman–Crippen MR) is 88.4 cm³/mol. The number of carbonyl (C=O) groups is 2. The Balaban J connectivity index is 1.35. The van der Waals surface area contributed by atoms with Crippen molar-refractivity contribution in [3.63, 3.8) is 0 Å². The Labute approximate surface area is 149 Å². The SMILES string of the molecule is O=C(NCc1ccco1)C1C2C(=O)N(Cc3ccco3)CC23C=C[C@H]1O3. The van der Waals surface area contributed by atoms with E-state index in [4.69, 9.17) is 13.6 Å². The molecule has 0 saturated carbocycles. The van der Waals surface area contributed by atoms with E-state index in [0.717, 1.165) is 0 Å². The van der Waals surface area contributed by atoms with Crippen molar-refractivity contribution >= 4 is 11.8 Å². The molecule has 1 spiro atoms. The van der Waals surface area contributed by atoms with Crippen LogP contribution in [0, 0.1) is 11.8 Å². The lowest BCUT2D eigenvalue weighted by atomic mass is 9.77. The summed E-state index contributed by atoms with van der Waals surface area (Å²) in [5, 5.41) is 2.87. The molecule has 3 aliphatic rings. The summed E-state index contributed by atoms with van der Waals surface area (Å²) in [6.45, 7) is 1.11. The summed E-state index contributed by atoms with van der Waals surface area (Å²) in [5.74, 6) is 0.118. The van der Waals surface area contributed by atoms with Gasteiger partial charge >= 0.3 is 0 Å². The molecule has 2 aromatic rings. The third-order valence-corrected chi connectivity index (χ3v) is 5.43. The Morgan fingerprint density at radius 3 is 2.73 bits per heavy atom. The monoisotopic (exact) mass is 354 g/mol. The van der Waals surface area contributed by atoms with E-state index < -0.39 is 17.4 Å². The minimum atomic E-state index is -0.707. The van der Waals surface area contributed by atoms with Crippen LogP contribution in [0.5, 0.6) is 0 Å². The summed E-state index contributed by atoms with van der Waals surface area (Å²) >= 11 is 0. The molecule has 3 aliphatic heterocycles. The number of hydrogen-bond donors (Lipinski definition) is 1. The minimum absolute atomic E-state index is 0.0635. The van der Waals surface area contributed by atoms with Crippen LogP contribution in [-0.2, 0) is 27.4 Å². The molecule has 0 aromatic carbocycles. The van der Waals surface area contributed by atoms with Crippen LogP contribution < -0.4 is 5.32 Å². The van der Waals surface area contributed by atoms with Crippen LogP contribution in [0.3, 0.4) is 0 Å². The molecule has 2 bridgehead atoms. The first-order valence-corrected chi connectivity index (χ1v) is 8.65. The highest BCUT2D eigenvalue weighted by molar-refractivity contribution is 5.92. The van der Waals surface area contributed by atoms with Crippen molar-refractivity contribution in [2.24, 2.45) is 11.8 Å². The van der Waals surface area contributed by atoms with Crippen molar-refractivity contribution in [1.82, 2.24) is 10.2 Å². The normalized spacial score (nSPS) is 31.6. The highest BCUT2D eigenvalue weighted by atomic mass is 16.5. The van der Waals surface area contributed by atoms with Gasteiger partial charge in [0.25, 0.3) is 0 Å². The second-order valence-electron chi connectivity index (χ2n) is 6.97. The fraction of sp³-hybridized carbons (Fsp3) is 0.368. The second-order valence-corrected chi connectivity index (χ2v) is 6.97. The van der Waals surface area contributed by atoms with Gasteiger partial charge < -0.3 is 23.8 Å². The zero-order chi connectivity index (χ0) is 17.7. The number of nitrogens with one attached hydrogen (secondary N) is 1. The van der Waals surface area contributed by atoms with Crippen LogP contribution in [0.2, 0.25) is 0 Å². The molecule has 7 heteroatoms. The van der Waals surface area contributed by atoms with Crippen LogP contribution in [-0.4, -0.2) is 35.0 Å². The van der Waals surface area contributed by atoms with Crippen LogP contribution in [0.1, 0.15) is 11.5 Å². The van der Waals surface area contributed by atoms with E-state index in [1.807, 2.05) is 18.2 Å². The summed E-state index contributed by atoms with van der Waals surface area (Å²) < 4.78 is 16.7. The zero-order valence-electron chi connectivity index (χ0n) is 14.0. The van der Waals surface area contributed by atoms with Gasteiger partial charge in [-0.15, -0.1) is 0 Å². The van der Waals surface area contributed by atoms with Crippen molar-refractivity contribution in [2.75, 3.05) is 6.54 Å². The summed E-state index contributed by atoms with van der Waals surface area (Å²) in [6, 6.07) is 7.19. The van der Waals surface area contributed by atoms with Crippen molar-refractivity contribution in [1.29, 1.82) is 0 Å². The Morgan fingerprint density at radius 1 is 1.23 bits per heavy atom. The Kier molecular flexibility index (Phi) is 3.33. The van der Waals surface area contributed by atoms with E-state index in [1.54, 1.807) is 35.6 Å². The second kappa shape index (κ2) is 5.60. The Hall–Kier alpha value is -2.80. The number of furan rings is 2. The van der Waals surface area contributed by atoms with Crippen molar-refractivity contribution in [3.05, 3.63) is 60.5 Å². The molecule has 5 heterocycles. The van der Waals surface area contributed by atoms with Crippen molar-refractivity contribution in [2.45, 2.75) is 24.8 Å². The van der Waals surface area contributed by atoms with Crippen LogP contribution in [0.25, 0.3) is 0 Å². The molecule has 2 amide bonds. The quantitative estimate of drug-likeness (QED) is 0.822. The van der Waals surface area contributed by atoms with Crippen LogP contribution in [0.15, 0.2) is 57.8 Å². The largest absolute Gasteiger partial charge is 0.467 e. The summed E-state index contributed by atoms with van der Waals surface area (Å²) in [5.41, 5.74) is -0.707. The van der Waals surface area contributed by atoms with Crippen molar-refractivity contribution < 1.29 is 23.2 Å². The highest BCUT2D eigenvalue weighted by Crippen LogP contribution is 2.52. The van der Waals surface area contributed by atoms with Gasteiger partial charge in [0.15, 0.2) is 0 Å². The highest BCUT2D eigenvalue weighted by Gasteiger charge is 2.66. The molecule has 3 unspecified atom stereocenters. The maximum Gasteiger partial charge on any atom is 0.230 e. The smallest absolute Gasteiger partial charge is 0.230 e. The molecular formula is C19H18N2O5. The van der Waals surface area contributed by atoms with E-state index in [2.05, 4.69) is 5.32 Å². The van der Waals surface area contributed by atoms with E-state index in [-0.39, 0.29) is 17.9 Å². The number of ether oxygens (including phenoxy) is 1. The lowest BCUT2D eigenvalue weighted by Gasteiger charge is -2.23. The molecule has 5 rings (SSSR count). The Bertz CT molecular complexity index is 857. The van der Waals surface area contributed by atoms with E-state index >= 15 is 0 Å². The standard InChI is InChI=1S/C19H18N2O5/c22-17(20-9-12-3-1-7-24-12)15-14-5-6-19(26-14)11-21(18(23)16(15)19)10-13-4-2-8-25-13/h1-8,14-16H,9-11H2,(H,20,22)/t14-,15?,16?,19?/m1/s1. The molecular weight excluding hydrogens is 336 g/mol. The van der Waals surface area contributed by atoms with Gasteiger partial charge in [-0.3, -0.25) is 9.59 Å². The summed E-state index contributed by atoms with van der Waals surface area (Å²) in [6.07, 6.45) is 6.64. The zero-order valence-corrected chi connectivity index (χ0v) is 14.0. The van der Waals surface area contributed by atoms with Gasteiger partial charge in [0, 0.05) is 0 Å². The first kappa shape index (κ1) is 15.5. The molecule has 26 heavy (non-hydrogen) atoms. The number of likely N-dealkylation sites (tertiary alicyclic amines) is 1. The van der Waals surface area contributed by atoms with Crippen LogP contribution >= 0.6 is 0 Å². The average Bonchev–Trinajstić information content (AvgIpc) is 3.43. The van der Waals surface area contributed by atoms with Gasteiger partial charge in [0.1, 0.15) is 17.1 Å². The fourth-order valence-electron chi connectivity index (χ4n) is 4.31. The lowest BCUT2D eigenvalue weighted by Crippen LogP contribution is -2.43. The lowest BCUT2D eigenvalue weighted by molar-refractivity contribution is -0.138. The van der Waals surface area contributed by atoms with Gasteiger partial charge in [0.2, 0.25) is 11.8 Å². The molecule has 7 nitrogen and oxygen atoms in total. The van der Waals surface area contributed by atoms with Gasteiger partial charge in [0.05, 0.1) is 50.1 Å². The van der Waals surface area contributed by atoms with Crippen LogP contribution in [0.4, 0.5) is 0 Å². The number of carbonyl (C=O) groups excluding carboxylic acids is 2.